The van der Waals surface area contributed by atoms with Crippen LogP contribution in [-0.2, 0) is 14.6 Å². The van der Waals surface area contributed by atoms with Crippen molar-refractivity contribution < 1.29 is 23.2 Å². The summed E-state index contributed by atoms with van der Waals surface area (Å²) in [7, 11) is -3.87. The summed E-state index contributed by atoms with van der Waals surface area (Å²) in [5.74, 6) is 3.00. The van der Waals surface area contributed by atoms with E-state index < -0.39 is 20.5 Å². The first-order valence-electron chi connectivity index (χ1n) is 9.98. The largest absolute Gasteiger partial charge is 0.457 e. The molecule has 1 heterocycles. The molecule has 32 heavy (non-hydrogen) atoms. The van der Waals surface area contributed by atoms with Crippen LogP contribution in [0.25, 0.3) is 0 Å². The maximum Gasteiger partial charge on any atom is 0.244 e. The molecule has 3 rings (SSSR count). The predicted molar refractivity (Wildman–Crippen MR) is 124 cm³/mol. The van der Waals surface area contributed by atoms with Gasteiger partial charge in [-0.15, -0.1) is 18.8 Å². The number of benzene rings is 2. The Balaban J connectivity index is 0.00000363. The highest BCUT2D eigenvalue weighted by Gasteiger charge is 2.48. The zero-order valence-corrected chi connectivity index (χ0v) is 19.4. The lowest BCUT2D eigenvalue weighted by Crippen LogP contribution is -2.51. The molecule has 0 unspecified atom stereocenters. The lowest BCUT2D eigenvalue weighted by molar-refractivity contribution is -0.130. The molecule has 0 aliphatic carbocycles. The standard InChI is InChI=1S/C23H26N2O5S.ClH/c1-3-13-25-14-11-23(12-15-25,17-22(26)24-27)31(28,29)21-9-7-19(8-10-21)30-20-6-4-5-18(2)16-20;/h1,4-10,16,27H,11-15,17H2,2H3,(H,24,26);1H. The van der Waals surface area contributed by atoms with Gasteiger partial charge in [-0.3, -0.25) is 14.9 Å². The van der Waals surface area contributed by atoms with Crippen molar-refractivity contribution in [2.45, 2.75) is 35.8 Å². The van der Waals surface area contributed by atoms with Gasteiger partial charge >= 0.3 is 0 Å². The van der Waals surface area contributed by atoms with Gasteiger partial charge in [-0.2, -0.15) is 0 Å². The summed E-state index contributed by atoms with van der Waals surface area (Å²) in [5.41, 5.74) is 2.62. The first-order valence-corrected chi connectivity index (χ1v) is 11.5. The van der Waals surface area contributed by atoms with Crippen molar-refractivity contribution >= 4 is 28.2 Å². The second-order valence-corrected chi connectivity index (χ2v) is 10.1. The van der Waals surface area contributed by atoms with Crippen molar-refractivity contribution in [2.75, 3.05) is 19.6 Å². The monoisotopic (exact) mass is 478 g/mol. The molecule has 1 aliphatic rings. The van der Waals surface area contributed by atoms with Crippen LogP contribution in [0.2, 0.25) is 0 Å². The zero-order valence-electron chi connectivity index (χ0n) is 17.8. The van der Waals surface area contributed by atoms with E-state index in [1.807, 2.05) is 36.1 Å². The number of likely N-dealkylation sites (tertiary alicyclic amines) is 1. The third-order valence-corrected chi connectivity index (χ3v) is 8.20. The number of hydroxylamine groups is 1. The number of sulfone groups is 1. The van der Waals surface area contributed by atoms with Crippen molar-refractivity contribution in [3.8, 4) is 23.8 Å². The van der Waals surface area contributed by atoms with Gasteiger partial charge in [-0.05, 0) is 61.7 Å². The van der Waals surface area contributed by atoms with Gasteiger partial charge in [-0.25, -0.2) is 13.9 Å². The number of hydrogen-bond donors (Lipinski definition) is 2. The van der Waals surface area contributed by atoms with Crippen LogP contribution >= 0.6 is 12.4 Å². The molecule has 7 nitrogen and oxygen atoms in total. The second kappa shape index (κ2) is 10.8. The van der Waals surface area contributed by atoms with Crippen LogP contribution in [0.4, 0.5) is 0 Å². The van der Waals surface area contributed by atoms with Gasteiger partial charge < -0.3 is 4.74 Å². The molecule has 1 saturated heterocycles. The van der Waals surface area contributed by atoms with Crippen molar-refractivity contribution in [3.63, 3.8) is 0 Å². The fraction of sp³-hybridized carbons (Fsp3) is 0.348. The number of aryl methyl sites for hydroxylation is 1. The number of terminal acetylenes is 1. The SMILES string of the molecule is C#CCN1CCC(CC(=O)NO)(S(=O)(=O)c2ccc(Oc3cccc(C)c3)cc2)CC1.Cl. The molecule has 0 spiro atoms. The van der Waals surface area contributed by atoms with E-state index in [0.717, 1.165) is 5.56 Å². The number of carbonyl (C=O) groups excluding carboxylic acids is 1. The van der Waals surface area contributed by atoms with E-state index in [0.29, 0.717) is 31.1 Å². The molecule has 1 amide bonds. The van der Waals surface area contributed by atoms with E-state index in [-0.39, 0.29) is 36.6 Å². The molecular weight excluding hydrogens is 452 g/mol. The van der Waals surface area contributed by atoms with E-state index in [9.17, 15) is 13.2 Å². The first kappa shape index (κ1) is 25.7. The zero-order chi connectivity index (χ0) is 22.5. The number of piperidine rings is 1. The van der Waals surface area contributed by atoms with E-state index in [2.05, 4.69) is 5.92 Å². The van der Waals surface area contributed by atoms with Crippen LogP contribution in [0.15, 0.2) is 53.4 Å². The Bertz CT molecular complexity index is 1070. The number of hydrogen-bond acceptors (Lipinski definition) is 6. The topological polar surface area (TPSA) is 95.9 Å². The molecular formula is C23H27ClN2O5S. The fourth-order valence-corrected chi connectivity index (χ4v) is 5.91. The molecule has 1 aliphatic heterocycles. The Morgan fingerprint density at radius 3 is 2.41 bits per heavy atom. The average molecular weight is 479 g/mol. The summed E-state index contributed by atoms with van der Waals surface area (Å²) in [6.07, 6.45) is 5.53. The van der Waals surface area contributed by atoms with Crippen molar-refractivity contribution in [3.05, 3.63) is 54.1 Å². The van der Waals surface area contributed by atoms with Gasteiger partial charge in [0.15, 0.2) is 9.84 Å². The number of ether oxygens (including phenoxy) is 1. The molecule has 0 bridgehead atoms. The molecule has 2 N–H and O–H groups in total. The lowest BCUT2D eigenvalue weighted by Gasteiger charge is -2.40. The summed E-state index contributed by atoms with van der Waals surface area (Å²) in [6.45, 7) is 3.29. The summed E-state index contributed by atoms with van der Waals surface area (Å²) in [6, 6.07) is 13.7. The van der Waals surface area contributed by atoms with Crippen LogP contribution < -0.4 is 10.2 Å². The minimum Gasteiger partial charge on any atom is -0.457 e. The molecule has 0 radical (unpaired) electrons. The van der Waals surface area contributed by atoms with Gasteiger partial charge in [0.05, 0.1) is 16.2 Å². The Labute approximate surface area is 195 Å². The lowest BCUT2D eigenvalue weighted by atomic mass is 9.92. The number of rotatable bonds is 7. The summed E-state index contributed by atoms with van der Waals surface area (Å²) in [4.78, 5) is 14.1. The minimum absolute atomic E-state index is 0. The highest BCUT2D eigenvalue weighted by molar-refractivity contribution is 7.92. The van der Waals surface area contributed by atoms with Crippen molar-refractivity contribution in [1.82, 2.24) is 10.4 Å². The molecule has 2 aromatic rings. The van der Waals surface area contributed by atoms with Crippen LogP contribution in [0.1, 0.15) is 24.8 Å². The van der Waals surface area contributed by atoms with Crippen LogP contribution in [0, 0.1) is 19.3 Å². The maximum atomic E-state index is 13.6. The summed E-state index contributed by atoms with van der Waals surface area (Å²) < 4.78 is 31.6. The van der Waals surface area contributed by atoms with Crippen molar-refractivity contribution in [2.24, 2.45) is 0 Å². The fourth-order valence-electron chi connectivity index (χ4n) is 3.87. The minimum atomic E-state index is -3.87. The number of amides is 1. The second-order valence-electron chi connectivity index (χ2n) is 7.77. The third kappa shape index (κ3) is 5.61. The van der Waals surface area contributed by atoms with E-state index in [1.165, 1.54) is 12.1 Å². The molecule has 172 valence electrons. The number of nitrogens with one attached hydrogen (secondary N) is 1. The number of carbonyl (C=O) groups is 1. The Morgan fingerprint density at radius 2 is 1.84 bits per heavy atom. The molecule has 0 aromatic heterocycles. The first-order chi connectivity index (χ1) is 14.8. The van der Waals surface area contributed by atoms with Gasteiger partial charge in [0.25, 0.3) is 0 Å². The van der Waals surface area contributed by atoms with Gasteiger partial charge in [-0.1, -0.05) is 18.1 Å². The van der Waals surface area contributed by atoms with Crippen LogP contribution in [0.5, 0.6) is 11.5 Å². The van der Waals surface area contributed by atoms with E-state index in [1.54, 1.807) is 17.6 Å². The number of nitrogens with zero attached hydrogens (tertiary/aromatic N) is 1. The summed E-state index contributed by atoms with van der Waals surface area (Å²) in [5, 5.41) is 9.00. The summed E-state index contributed by atoms with van der Waals surface area (Å²) >= 11 is 0. The molecule has 2 aromatic carbocycles. The third-order valence-electron chi connectivity index (χ3n) is 5.62. The van der Waals surface area contributed by atoms with E-state index in [4.69, 9.17) is 16.4 Å². The smallest absolute Gasteiger partial charge is 0.244 e. The quantitative estimate of drug-likeness (QED) is 0.360. The predicted octanol–water partition coefficient (Wildman–Crippen LogP) is 3.35. The Hall–Kier alpha value is -2.57. The van der Waals surface area contributed by atoms with Gasteiger partial charge in [0.2, 0.25) is 5.91 Å². The van der Waals surface area contributed by atoms with Crippen LogP contribution in [0.3, 0.4) is 0 Å². The molecule has 0 saturated carbocycles. The van der Waals surface area contributed by atoms with Crippen molar-refractivity contribution in [1.29, 1.82) is 0 Å². The molecule has 0 atom stereocenters. The Morgan fingerprint density at radius 1 is 1.19 bits per heavy atom. The average Bonchev–Trinajstić information content (AvgIpc) is 2.75. The van der Waals surface area contributed by atoms with Gasteiger partial charge in [0.1, 0.15) is 11.5 Å². The maximum absolute atomic E-state index is 13.6. The van der Waals surface area contributed by atoms with Gasteiger partial charge in [0, 0.05) is 19.5 Å². The van der Waals surface area contributed by atoms with E-state index >= 15 is 0 Å². The normalized spacial score (nSPS) is 15.8. The molecule has 9 heteroatoms. The highest BCUT2D eigenvalue weighted by atomic mass is 35.5. The number of halogens is 1. The Kier molecular flexibility index (Phi) is 8.70. The highest BCUT2D eigenvalue weighted by Crippen LogP contribution is 2.39. The van der Waals surface area contributed by atoms with Crippen LogP contribution in [-0.4, -0.2) is 48.8 Å². The molecule has 1 fully saturated rings.